The van der Waals surface area contributed by atoms with Crippen molar-refractivity contribution in [2.24, 2.45) is 0 Å². The molecule has 1 aromatic carbocycles. The Bertz CT molecular complexity index is 644. The number of unbranched alkanes of at least 4 members (excludes halogenated alkanes) is 15. The minimum atomic E-state index is -0.879. The molecule has 0 aliphatic heterocycles. The van der Waals surface area contributed by atoms with E-state index in [9.17, 15) is 9.59 Å². The molecule has 214 valence electrons. The number of benzene rings is 1. The Morgan fingerprint density at radius 1 is 0.811 bits per heavy atom. The van der Waals surface area contributed by atoms with E-state index in [0.717, 1.165) is 13.0 Å². The van der Waals surface area contributed by atoms with Crippen molar-refractivity contribution < 1.29 is 24.3 Å². The van der Waals surface area contributed by atoms with Crippen molar-refractivity contribution in [1.82, 2.24) is 5.48 Å². The number of rotatable bonds is 23. The summed E-state index contributed by atoms with van der Waals surface area (Å²) in [6.45, 7) is 4.94. The summed E-state index contributed by atoms with van der Waals surface area (Å²) in [7, 11) is 0. The quantitative estimate of drug-likeness (QED) is 0.0745. The number of hydroxylamine groups is 1. The molecule has 7 heteroatoms. The monoisotopic (exact) mass is 539 g/mol. The molecular formula is C30H53NO5S. The maximum atomic E-state index is 10.8. The third-order valence-electron chi connectivity index (χ3n) is 6.04. The van der Waals surface area contributed by atoms with Crippen molar-refractivity contribution in [1.29, 1.82) is 0 Å². The lowest BCUT2D eigenvalue weighted by molar-refractivity contribution is -0.138. The Kier molecular flexibility index (Phi) is 26.3. The number of carbonyl (C=O) groups is 2. The van der Waals surface area contributed by atoms with Gasteiger partial charge in [0, 0.05) is 19.3 Å². The molecule has 0 aliphatic carbocycles. The lowest BCUT2D eigenvalue weighted by Crippen LogP contribution is -2.32. The van der Waals surface area contributed by atoms with Gasteiger partial charge >= 0.3 is 5.97 Å². The average Bonchev–Trinajstić information content (AvgIpc) is 2.90. The second-order valence-corrected chi connectivity index (χ2v) is 10.00. The first kappa shape index (κ1) is 35.4. The second-order valence-electron chi connectivity index (χ2n) is 9.63. The highest BCUT2D eigenvalue weighted by Gasteiger charge is 2.08. The summed E-state index contributed by atoms with van der Waals surface area (Å²) in [5.74, 6) is -0.556. The molecular weight excluding hydrogens is 486 g/mol. The highest BCUT2D eigenvalue weighted by molar-refractivity contribution is 7.80. The molecule has 37 heavy (non-hydrogen) atoms. The van der Waals surface area contributed by atoms with Gasteiger partial charge in [0.25, 0.3) is 0 Å². The van der Waals surface area contributed by atoms with Crippen LogP contribution in [0.25, 0.3) is 0 Å². The molecule has 0 aromatic heterocycles. The fraction of sp³-hybridized carbons (Fsp3) is 0.733. The van der Waals surface area contributed by atoms with Gasteiger partial charge in [-0.05, 0) is 18.6 Å². The van der Waals surface area contributed by atoms with Crippen LogP contribution in [0.4, 0.5) is 0 Å². The van der Waals surface area contributed by atoms with E-state index >= 15 is 0 Å². The number of amides is 1. The number of aromatic carboxylic acids is 1. The van der Waals surface area contributed by atoms with Crippen molar-refractivity contribution in [3.63, 3.8) is 0 Å². The van der Waals surface area contributed by atoms with Crippen LogP contribution in [0.1, 0.15) is 127 Å². The van der Waals surface area contributed by atoms with E-state index < -0.39 is 5.97 Å². The molecule has 0 spiro atoms. The predicted octanol–water partition coefficient (Wildman–Crippen LogP) is 8.02. The van der Waals surface area contributed by atoms with E-state index in [0.29, 0.717) is 17.9 Å². The molecule has 0 heterocycles. The standard InChI is InChI=1S/C23H47NO3S.C7H6O2/c1-3-4-5-6-7-8-9-10-11-12-13-14-15-16-17-18-19-26-20-23(21-28)27-24-22(2)25;8-7(9)6-4-2-1-3-5-6/h23,28H,3-21H2,1-2H3,(H,24,25);1-5H,(H,8,9). The number of carboxylic acid groups (broad SMARTS) is 1. The SMILES string of the molecule is CCCCCCCCCCCCCCCCCCOCC(CS)ONC(C)=O.O=C(O)c1ccccc1. The van der Waals surface area contributed by atoms with Gasteiger partial charge in [-0.1, -0.05) is 121 Å². The molecule has 2 N–H and O–H groups in total. The Hall–Kier alpha value is -1.57. The first-order valence-corrected chi connectivity index (χ1v) is 15.0. The van der Waals surface area contributed by atoms with Gasteiger partial charge in [0.05, 0.1) is 12.2 Å². The summed E-state index contributed by atoms with van der Waals surface area (Å²) in [5.41, 5.74) is 2.67. The van der Waals surface area contributed by atoms with E-state index in [1.54, 1.807) is 30.3 Å². The van der Waals surface area contributed by atoms with Gasteiger partial charge in [-0.25, -0.2) is 10.3 Å². The lowest BCUT2D eigenvalue weighted by Gasteiger charge is -2.15. The zero-order chi connectivity index (χ0) is 27.4. The third-order valence-corrected chi connectivity index (χ3v) is 6.45. The molecule has 1 rings (SSSR count). The van der Waals surface area contributed by atoms with Crippen LogP contribution < -0.4 is 5.48 Å². The van der Waals surface area contributed by atoms with Gasteiger partial charge in [-0.2, -0.15) is 12.6 Å². The molecule has 1 amide bonds. The maximum absolute atomic E-state index is 10.8. The van der Waals surface area contributed by atoms with Gasteiger partial charge < -0.3 is 9.84 Å². The third kappa shape index (κ3) is 25.8. The largest absolute Gasteiger partial charge is 0.478 e. The maximum Gasteiger partial charge on any atom is 0.335 e. The summed E-state index contributed by atoms with van der Waals surface area (Å²) in [4.78, 5) is 26.2. The zero-order valence-electron chi connectivity index (χ0n) is 23.4. The summed E-state index contributed by atoms with van der Waals surface area (Å²) in [5, 5.41) is 8.38. The van der Waals surface area contributed by atoms with Crippen molar-refractivity contribution in [3.8, 4) is 0 Å². The van der Waals surface area contributed by atoms with Gasteiger partial charge in [-0.3, -0.25) is 9.63 Å². The number of carbonyl (C=O) groups excluding carboxylic acids is 1. The van der Waals surface area contributed by atoms with E-state index in [1.807, 2.05) is 0 Å². The molecule has 6 nitrogen and oxygen atoms in total. The zero-order valence-corrected chi connectivity index (χ0v) is 24.3. The van der Waals surface area contributed by atoms with Crippen LogP contribution in [0.15, 0.2) is 30.3 Å². The van der Waals surface area contributed by atoms with Gasteiger partial charge in [0.15, 0.2) is 0 Å². The van der Waals surface area contributed by atoms with E-state index in [1.165, 1.54) is 103 Å². The Balaban J connectivity index is 0.00000120. The van der Waals surface area contributed by atoms with Crippen LogP contribution in [-0.2, 0) is 14.4 Å². The van der Waals surface area contributed by atoms with Crippen molar-refractivity contribution in [2.75, 3.05) is 19.0 Å². The van der Waals surface area contributed by atoms with Crippen LogP contribution in [0.3, 0.4) is 0 Å². The molecule has 0 saturated carbocycles. The van der Waals surface area contributed by atoms with Crippen LogP contribution in [0.5, 0.6) is 0 Å². The molecule has 1 atom stereocenters. The molecule has 0 aliphatic rings. The minimum Gasteiger partial charge on any atom is -0.478 e. The molecule has 0 bridgehead atoms. The number of nitrogens with one attached hydrogen (secondary N) is 1. The predicted molar refractivity (Wildman–Crippen MR) is 156 cm³/mol. The van der Waals surface area contributed by atoms with Crippen LogP contribution >= 0.6 is 12.6 Å². The Labute approximate surface area is 231 Å². The molecule has 1 aromatic rings. The number of hydrogen-bond acceptors (Lipinski definition) is 5. The van der Waals surface area contributed by atoms with Crippen molar-refractivity contribution >= 4 is 24.5 Å². The van der Waals surface area contributed by atoms with Crippen molar-refractivity contribution in [2.45, 2.75) is 123 Å². The fourth-order valence-electron chi connectivity index (χ4n) is 3.84. The van der Waals surface area contributed by atoms with Gasteiger partial charge in [0.2, 0.25) is 5.91 Å². The van der Waals surface area contributed by atoms with E-state index in [4.69, 9.17) is 14.7 Å². The smallest absolute Gasteiger partial charge is 0.335 e. The summed E-state index contributed by atoms with van der Waals surface area (Å²) in [6.07, 6.45) is 21.8. The average molecular weight is 540 g/mol. The summed E-state index contributed by atoms with van der Waals surface area (Å²) >= 11 is 4.20. The topological polar surface area (TPSA) is 84.9 Å². The summed E-state index contributed by atoms with van der Waals surface area (Å²) in [6, 6.07) is 8.30. The summed E-state index contributed by atoms with van der Waals surface area (Å²) < 4.78 is 5.61. The number of ether oxygens (including phenoxy) is 1. The molecule has 0 radical (unpaired) electrons. The minimum absolute atomic E-state index is 0.187. The number of carboxylic acids is 1. The molecule has 0 saturated heterocycles. The Morgan fingerprint density at radius 3 is 1.65 bits per heavy atom. The first-order valence-electron chi connectivity index (χ1n) is 14.4. The van der Waals surface area contributed by atoms with Crippen molar-refractivity contribution in [3.05, 3.63) is 35.9 Å². The Morgan fingerprint density at radius 2 is 1.27 bits per heavy atom. The highest BCUT2D eigenvalue weighted by Crippen LogP contribution is 2.13. The lowest BCUT2D eigenvalue weighted by atomic mass is 10.0. The molecule has 1 unspecified atom stereocenters. The second kappa shape index (κ2) is 27.5. The normalized spacial score (nSPS) is 11.4. The van der Waals surface area contributed by atoms with Crippen LogP contribution in [0.2, 0.25) is 0 Å². The van der Waals surface area contributed by atoms with Gasteiger partial charge in [0.1, 0.15) is 6.10 Å². The molecule has 0 fully saturated rings. The van der Waals surface area contributed by atoms with Crippen LogP contribution in [-0.4, -0.2) is 42.1 Å². The fourth-order valence-corrected chi connectivity index (χ4v) is 4.02. The number of thiol groups is 1. The van der Waals surface area contributed by atoms with E-state index in [-0.39, 0.29) is 12.0 Å². The highest BCUT2D eigenvalue weighted by atomic mass is 32.1. The first-order chi connectivity index (χ1) is 18.0. The van der Waals surface area contributed by atoms with Crippen LogP contribution in [0, 0.1) is 0 Å². The van der Waals surface area contributed by atoms with Gasteiger partial charge in [-0.15, -0.1) is 0 Å². The van der Waals surface area contributed by atoms with E-state index in [2.05, 4.69) is 25.0 Å². The number of hydrogen-bond donors (Lipinski definition) is 3.